The Bertz CT molecular complexity index is 3560. The van der Waals surface area contributed by atoms with Crippen LogP contribution in [0.5, 0.6) is 0 Å². The molecule has 9 aromatic carbocycles. The van der Waals surface area contributed by atoms with Crippen molar-refractivity contribution in [3.63, 3.8) is 0 Å². The van der Waals surface area contributed by atoms with E-state index >= 15 is 0 Å². The van der Waals surface area contributed by atoms with Crippen LogP contribution in [0.2, 0.25) is 0 Å². The minimum atomic E-state index is 0.567. The molecule has 0 saturated heterocycles. The minimum absolute atomic E-state index is 0.567. The first-order valence-electron chi connectivity index (χ1n) is 21.6. The van der Waals surface area contributed by atoms with Gasteiger partial charge in [-0.15, -0.1) is 0 Å². The van der Waals surface area contributed by atoms with Crippen LogP contribution in [0.15, 0.2) is 231 Å². The summed E-state index contributed by atoms with van der Waals surface area (Å²) in [6.07, 6.45) is 3.74. The Labute approximate surface area is 370 Å². The second-order valence-electron chi connectivity index (χ2n) is 16.3. The van der Waals surface area contributed by atoms with Crippen molar-refractivity contribution in [1.82, 2.24) is 14.1 Å². The molecule has 64 heavy (non-hydrogen) atoms. The molecule has 0 spiro atoms. The molecule has 0 aliphatic rings. The first kappa shape index (κ1) is 37.0. The molecule has 0 atom stereocenters. The molecule has 4 nitrogen and oxygen atoms in total. The third kappa shape index (κ3) is 6.18. The van der Waals surface area contributed by atoms with Crippen molar-refractivity contribution in [2.24, 2.45) is 0 Å². The topological polar surface area (TPSA) is 46.5 Å². The zero-order chi connectivity index (χ0) is 42.6. The van der Waals surface area contributed by atoms with Gasteiger partial charge in [0.15, 0.2) is 0 Å². The zero-order valence-corrected chi connectivity index (χ0v) is 34.7. The molecule has 3 heterocycles. The third-order valence-corrected chi connectivity index (χ3v) is 12.6. The summed E-state index contributed by atoms with van der Waals surface area (Å²) in [5, 5.41) is 15.8. The van der Waals surface area contributed by atoms with Crippen molar-refractivity contribution in [2.75, 3.05) is 0 Å². The summed E-state index contributed by atoms with van der Waals surface area (Å²) < 4.78 is 4.62. The molecule has 0 amide bonds. The van der Waals surface area contributed by atoms with Crippen molar-refractivity contribution in [1.29, 1.82) is 5.26 Å². The number of hydrogen-bond acceptors (Lipinski definition) is 2. The Kier molecular flexibility index (Phi) is 8.84. The molecule has 4 heteroatoms. The van der Waals surface area contributed by atoms with E-state index in [0.717, 1.165) is 111 Å². The van der Waals surface area contributed by atoms with Gasteiger partial charge in [0.1, 0.15) is 6.07 Å². The monoisotopic (exact) mass is 814 g/mol. The lowest BCUT2D eigenvalue weighted by Crippen LogP contribution is -2.04. The standard InChI is InChI=1S/C60H38N4/c61-38-49-36-60(64-57-29-25-46(42-18-9-3-10-19-42)34-53(57)54-35-47(26-30-58(54)64)43-20-11-4-12-21-43)50(48-22-13-31-62-39-48)37-59(49)63-55-27-23-44(40-14-5-1-6-15-40)32-51(55)52-33-45(24-28-56(52)63)41-16-7-2-8-17-41/h1-37,39H. The molecule has 12 aromatic rings. The SMILES string of the molecule is N#Cc1cc(-n2c3ccc(-c4ccccc4)cc3c3cc(-c4ccccc4)ccc32)c(-c2cccnc2)cc1-n1c2ccc(-c3ccccc3)cc2c2cc(-c3ccccc3)ccc21. The quantitative estimate of drug-likeness (QED) is 0.161. The van der Waals surface area contributed by atoms with Gasteiger partial charge in [-0.05, 0) is 111 Å². The van der Waals surface area contributed by atoms with Crippen LogP contribution in [-0.4, -0.2) is 14.1 Å². The molecule has 0 unspecified atom stereocenters. The van der Waals surface area contributed by atoms with E-state index in [1.807, 2.05) is 18.5 Å². The molecule has 0 aliphatic carbocycles. The Morgan fingerprint density at radius 1 is 0.328 bits per heavy atom. The summed E-state index contributed by atoms with van der Waals surface area (Å²) in [5.41, 5.74) is 17.6. The highest BCUT2D eigenvalue weighted by Crippen LogP contribution is 2.43. The van der Waals surface area contributed by atoms with Gasteiger partial charge >= 0.3 is 0 Å². The fourth-order valence-corrected chi connectivity index (χ4v) is 9.60. The Hall–Kier alpha value is -8.78. The Morgan fingerprint density at radius 3 is 1.03 bits per heavy atom. The number of pyridine rings is 1. The van der Waals surface area contributed by atoms with Crippen LogP contribution in [0.4, 0.5) is 0 Å². The van der Waals surface area contributed by atoms with Gasteiger partial charge in [0.25, 0.3) is 0 Å². The lowest BCUT2D eigenvalue weighted by Gasteiger charge is -2.19. The highest BCUT2D eigenvalue weighted by Gasteiger charge is 2.23. The predicted octanol–water partition coefficient (Wildman–Crippen LogP) is 15.5. The maximum atomic E-state index is 11.3. The molecule has 0 fully saturated rings. The van der Waals surface area contributed by atoms with Crippen LogP contribution in [0.25, 0.3) is 111 Å². The smallest absolute Gasteiger partial charge is 0.101 e. The van der Waals surface area contributed by atoms with E-state index in [-0.39, 0.29) is 0 Å². The van der Waals surface area contributed by atoms with Gasteiger partial charge < -0.3 is 9.13 Å². The fraction of sp³-hybridized carbons (Fsp3) is 0. The lowest BCUT2D eigenvalue weighted by atomic mass is 10.00. The number of fused-ring (bicyclic) bond motifs is 6. The minimum Gasteiger partial charge on any atom is -0.309 e. The summed E-state index contributed by atoms with van der Waals surface area (Å²) in [6, 6.07) is 80.1. The second-order valence-corrected chi connectivity index (χ2v) is 16.3. The van der Waals surface area contributed by atoms with Crippen molar-refractivity contribution < 1.29 is 0 Å². The number of hydrogen-bond donors (Lipinski definition) is 0. The van der Waals surface area contributed by atoms with Crippen molar-refractivity contribution >= 4 is 43.6 Å². The summed E-state index contributed by atoms with van der Waals surface area (Å²) >= 11 is 0. The molecule has 12 rings (SSSR count). The number of aromatic nitrogens is 3. The van der Waals surface area contributed by atoms with Crippen LogP contribution < -0.4 is 0 Å². The number of benzene rings is 9. The highest BCUT2D eigenvalue weighted by atomic mass is 15.0. The number of nitriles is 1. The molecule has 298 valence electrons. The summed E-state index contributed by atoms with van der Waals surface area (Å²) in [6.45, 7) is 0. The van der Waals surface area contributed by atoms with Crippen molar-refractivity contribution in [3.05, 3.63) is 236 Å². The highest BCUT2D eigenvalue weighted by molar-refractivity contribution is 6.14. The molecule has 0 aliphatic heterocycles. The van der Waals surface area contributed by atoms with Gasteiger partial charge in [0, 0.05) is 45.1 Å². The van der Waals surface area contributed by atoms with Gasteiger partial charge in [0.2, 0.25) is 0 Å². The molecule has 0 N–H and O–H groups in total. The Morgan fingerprint density at radius 2 is 0.688 bits per heavy atom. The maximum Gasteiger partial charge on any atom is 0.101 e. The molecular formula is C60H38N4. The maximum absolute atomic E-state index is 11.3. The van der Waals surface area contributed by atoms with Crippen LogP contribution >= 0.6 is 0 Å². The average Bonchev–Trinajstić information content (AvgIpc) is 3.88. The lowest BCUT2D eigenvalue weighted by molar-refractivity contribution is 1.13. The van der Waals surface area contributed by atoms with Gasteiger partial charge in [0.05, 0.1) is 39.0 Å². The van der Waals surface area contributed by atoms with Crippen LogP contribution in [0, 0.1) is 11.3 Å². The van der Waals surface area contributed by atoms with Crippen LogP contribution in [0.3, 0.4) is 0 Å². The van der Waals surface area contributed by atoms with Gasteiger partial charge in [-0.25, -0.2) is 0 Å². The first-order valence-corrected chi connectivity index (χ1v) is 21.6. The summed E-state index contributed by atoms with van der Waals surface area (Å²) in [5.74, 6) is 0. The van der Waals surface area contributed by atoms with E-state index in [4.69, 9.17) is 0 Å². The van der Waals surface area contributed by atoms with E-state index in [0.29, 0.717) is 5.56 Å². The van der Waals surface area contributed by atoms with Gasteiger partial charge in [-0.2, -0.15) is 5.26 Å². The molecule has 0 saturated carbocycles. The van der Waals surface area contributed by atoms with E-state index in [2.05, 4.69) is 233 Å². The molecule has 0 bridgehead atoms. The van der Waals surface area contributed by atoms with Gasteiger partial charge in [-0.1, -0.05) is 152 Å². The predicted molar refractivity (Wildman–Crippen MR) is 265 cm³/mol. The van der Waals surface area contributed by atoms with Crippen molar-refractivity contribution in [3.8, 4) is 73.1 Å². The van der Waals surface area contributed by atoms with E-state index in [9.17, 15) is 5.26 Å². The number of rotatable bonds is 7. The second kappa shape index (κ2) is 15.3. The fourth-order valence-electron chi connectivity index (χ4n) is 9.60. The molecular weight excluding hydrogens is 777 g/mol. The van der Waals surface area contributed by atoms with Crippen LogP contribution in [0.1, 0.15) is 5.56 Å². The summed E-state index contributed by atoms with van der Waals surface area (Å²) in [4.78, 5) is 4.63. The molecule has 3 aromatic heterocycles. The molecule has 0 radical (unpaired) electrons. The largest absolute Gasteiger partial charge is 0.309 e. The average molecular weight is 815 g/mol. The first-order chi connectivity index (χ1) is 31.7. The number of nitrogens with zero attached hydrogens (tertiary/aromatic N) is 4. The summed E-state index contributed by atoms with van der Waals surface area (Å²) in [7, 11) is 0. The Balaban J connectivity index is 1.14. The van der Waals surface area contributed by atoms with E-state index < -0.39 is 0 Å². The van der Waals surface area contributed by atoms with Crippen molar-refractivity contribution in [2.45, 2.75) is 0 Å². The van der Waals surface area contributed by atoms with E-state index in [1.165, 1.54) is 0 Å². The van der Waals surface area contributed by atoms with Crippen LogP contribution in [-0.2, 0) is 0 Å². The third-order valence-electron chi connectivity index (χ3n) is 12.6. The normalized spacial score (nSPS) is 11.4. The zero-order valence-electron chi connectivity index (χ0n) is 34.7. The van der Waals surface area contributed by atoms with E-state index in [1.54, 1.807) is 0 Å². The van der Waals surface area contributed by atoms with Gasteiger partial charge in [-0.3, -0.25) is 4.98 Å².